The first kappa shape index (κ1) is 18.1. The fourth-order valence-electron chi connectivity index (χ4n) is 2.73. The first-order chi connectivity index (χ1) is 13.0. The van der Waals surface area contributed by atoms with Gasteiger partial charge in [-0.15, -0.1) is 0 Å². The van der Waals surface area contributed by atoms with Gasteiger partial charge in [0.25, 0.3) is 5.69 Å². The molecule has 0 saturated heterocycles. The number of non-ortho nitro benzene ring substituents is 1. The Kier molecular flexibility index (Phi) is 5.47. The van der Waals surface area contributed by atoms with Gasteiger partial charge < -0.3 is 10.6 Å². The van der Waals surface area contributed by atoms with E-state index in [1.165, 1.54) is 12.1 Å². The molecule has 6 heteroatoms. The van der Waals surface area contributed by atoms with E-state index in [0.717, 1.165) is 22.4 Å². The minimum absolute atomic E-state index is 0.0476. The van der Waals surface area contributed by atoms with Gasteiger partial charge in [0.15, 0.2) is 0 Å². The van der Waals surface area contributed by atoms with Gasteiger partial charge in [-0.3, -0.25) is 14.9 Å². The van der Waals surface area contributed by atoms with E-state index in [0.29, 0.717) is 5.69 Å². The molecule has 1 amide bonds. The van der Waals surface area contributed by atoms with Crippen LogP contribution in [-0.4, -0.2) is 17.4 Å². The average Bonchev–Trinajstić information content (AvgIpc) is 2.69. The van der Waals surface area contributed by atoms with Crippen molar-refractivity contribution in [1.29, 1.82) is 0 Å². The van der Waals surface area contributed by atoms with E-state index in [2.05, 4.69) is 10.6 Å². The quantitative estimate of drug-likeness (QED) is 0.495. The van der Waals surface area contributed by atoms with Crippen molar-refractivity contribution in [3.8, 4) is 11.1 Å². The summed E-state index contributed by atoms with van der Waals surface area (Å²) in [6.07, 6.45) is 0. The first-order valence-electron chi connectivity index (χ1n) is 8.48. The molecule has 0 radical (unpaired) electrons. The number of anilines is 2. The van der Waals surface area contributed by atoms with Crippen LogP contribution in [0.25, 0.3) is 11.1 Å². The van der Waals surface area contributed by atoms with Gasteiger partial charge in [-0.2, -0.15) is 0 Å². The zero-order chi connectivity index (χ0) is 19.2. The number of aryl methyl sites for hydroxylation is 1. The number of nitro benzene ring substituents is 1. The van der Waals surface area contributed by atoms with Gasteiger partial charge in [0, 0.05) is 23.4 Å². The van der Waals surface area contributed by atoms with E-state index in [1.807, 2.05) is 54.6 Å². The third-order valence-corrected chi connectivity index (χ3v) is 4.16. The number of rotatable bonds is 6. The van der Waals surface area contributed by atoms with Gasteiger partial charge in [-0.25, -0.2) is 0 Å². The summed E-state index contributed by atoms with van der Waals surface area (Å²) < 4.78 is 0. The summed E-state index contributed by atoms with van der Waals surface area (Å²) in [5, 5.41) is 16.8. The fourth-order valence-corrected chi connectivity index (χ4v) is 2.73. The molecular formula is C21H19N3O3. The summed E-state index contributed by atoms with van der Waals surface area (Å²) >= 11 is 0. The monoisotopic (exact) mass is 361 g/mol. The third kappa shape index (κ3) is 4.49. The van der Waals surface area contributed by atoms with Crippen LogP contribution in [0.2, 0.25) is 0 Å². The number of nitrogens with one attached hydrogen (secondary N) is 2. The maximum atomic E-state index is 12.3. The van der Waals surface area contributed by atoms with Gasteiger partial charge in [-0.05, 0) is 24.1 Å². The molecule has 3 aromatic rings. The number of benzene rings is 3. The van der Waals surface area contributed by atoms with Crippen molar-refractivity contribution in [2.24, 2.45) is 0 Å². The van der Waals surface area contributed by atoms with E-state index < -0.39 is 4.92 Å². The van der Waals surface area contributed by atoms with Crippen molar-refractivity contribution in [1.82, 2.24) is 0 Å². The molecular weight excluding hydrogens is 342 g/mol. The smallest absolute Gasteiger partial charge is 0.271 e. The Labute approximate surface area is 157 Å². The zero-order valence-corrected chi connectivity index (χ0v) is 14.8. The Morgan fingerprint density at radius 2 is 1.67 bits per heavy atom. The number of amides is 1. The van der Waals surface area contributed by atoms with E-state index in [1.54, 1.807) is 13.0 Å². The lowest BCUT2D eigenvalue weighted by atomic mass is 10.0. The van der Waals surface area contributed by atoms with E-state index in [9.17, 15) is 14.9 Å². The van der Waals surface area contributed by atoms with Gasteiger partial charge in [0.2, 0.25) is 5.91 Å². The standard InChI is InChI=1S/C21H19N3O3/c1-15-11-12-17(24(26)27)13-20(15)23-21(25)14-22-19-10-6-5-9-18(19)16-7-3-2-4-8-16/h2-13,22H,14H2,1H3,(H,23,25). The summed E-state index contributed by atoms with van der Waals surface area (Å²) in [4.78, 5) is 22.8. The molecule has 0 aliphatic heterocycles. The third-order valence-electron chi connectivity index (χ3n) is 4.16. The first-order valence-corrected chi connectivity index (χ1v) is 8.48. The van der Waals surface area contributed by atoms with Gasteiger partial charge >= 0.3 is 0 Å². The molecule has 0 saturated carbocycles. The molecule has 136 valence electrons. The minimum atomic E-state index is -0.483. The molecule has 0 bridgehead atoms. The highest BCUT2D eigenvalue weighted by Crippen LogP contribution is 2.27. The van der Waals surface area contributed by atoms with Crippen LogP contribution < -0.4 is 10.6 Å². The van der Waals surface area contributed by atoms with Crippen LogP contribution in [0.3, 0.4) is 0 Å². The average molecular weight is 361 g/mol. The summed E-state index contributed by atoms with van der Waals surface area (Å²) in [5.41, 5.74) is 4.03. The summed E-state index contributed by atoms with van der Waals surface area (Å²) in [5.74, 6) is -0.276. The Morgan fingerprint density at radius 3 is 2.41 bits per heavy atom. The van der Waals surface area contributed by atoms with E-state index >= 15 is 0 Å². The van der Waals surface area contributed by atoms with Crippen molar-refractivity contribution in [2.75, 3.05) is 17.2 Å². The lowest BCUT2D eigenvalue weighted by molar-refractivity contribution is -0.384. The molecule has 0 aromatic heterocycles. The van der Waals surface area contributed by atoms with E-state index in [4.69, 9.17) is 0 Å². The maximum Gasteiger partial charge on any atom is 0.271 e. The van der Waals surface area contributed by atoms with Crippen LogP contribution in [0.15, 0.2) is 72.8 Å². The molecule has 0 aliphatic carbocycles. The predicted molar refractivity (Wildman–Crippen MR) is 107 cm³/mol. The summed E-state index contributed by atoms with van der Waals surface area (Å²) in [7, 11) is 0. The summed E-state index contributed by atoms with van der Waals surface area (Å²) in [6, 6.07) is 22.0. The van der Waals surface area contributed by atoms with Gasteiger partial charge in [0.05, 0.1) is 17.2 Å². The molecule has 6 nitrogen and oxygen atoms in total. The lowest BCUT2D eigenvalue weighted by Crippen LogP contribution is -2.22. The molecule has 0 fully saturated rings. The van der Waals surface area contributed by atoms with Crippen molar-refractivity contribution < 1.29 is 9.72 Å². The largest absolute Gasteiger partial charge is 0.376 e. The second-order valence-corrected chi connectivity index (χ2v) is 6.07. The van der Waals surface area contributed by atoms with Crippen LogP contribution in [-0.2, 0) is 4.79 Å². The number of nitrogens with zero attached hydrogens (tertiary/aromatic N) is 1. The molecule has 2 N–H and O–H groups in total. The number of hydrogen-bond acceptors (Lipinski definition) is 4. The van der Waals surface area contributed by atoms with E-state index in [-0.39, 0.29) is 18.1 Å². The van der Waals surface area contributed by atoms with Gasteiger partial charge in [-0.1, -0.05) is 54.6 Å². The van der Waals surface area contributed by atoms with Crippen molar-refractivity contribution in [2.45, 2.75) is 6.92 Å². The van der Waals surface area contributed by atoms with Crippen LogP contribution in [0.1, 0.15) is 5.56 Å². The van der Waals surface area contributed by atoms with Gasteiger partial charge in [0.1, 0.15) is 0 Å². The molecule has 3 aromatic carbocycles. The highest BCUT2D eigenvalue weighted by atomic mass is 16.6. The van der Waals surface area contributed by atoms with Crippen LogP contribution >= 0.6 is 0 Å². The second kappa shape index (κ2) is 8.14. The molecule has 0 unspecified atom stereocenters. The van der Waals surface area contributed by atoms with Crippen molar-refractivity contribution in [3.63, 3.8) is 0 Å². The molecule has 0 atom stereocenters. The Hall–Kier alpha value is -3.67. The Balaban J connectivity index is 1.71. The molecule has 27 heavy (non-hydrogen) atoms. The number of carbonyl (C=O) groups excluding carboxylic acids is 1. The number of nitro groups is 1. The number of para-hydroxylation sites is 1. The topological polar surface area (TPSA) is 84.3 Å². The lowest BCUT2D eigenvalue weighted by Gasteiger charge is -2.13. The SMILES string of the molecule is Cc1ccc([N+](=O)[O-])cc1NC(=O)CNc1ccccc1-c1ccccc1. The predicted octanol–water partition coefficient (Wildman–Crippen LogP) is 4.62. The Bertz CT molecular complexity index is 971. The molecule has 0 aliphatic rings. The van der Waals surface area contributed by atoms with Crippen LogP contribution in [0, 0.1) is 17.0 Å². The highest BCUT2D eigenvalue weighted by Gasteiger charge is 2.12. The van der Waals surface area contributed by atoms with Crippen molar-refractivity contribution in [3.05, 3.63) is 88.5 Å². The highest BCUT2D eigenvalue weighted by molar-refractivity contribution is 5.95. The normalized spacial score (nSPS) is 10.3. The van der Waals surface area contributed by atoms with Crippen LogP contribution in [0.5, 0.6) is 0 Å². The number of hydrogen-bond donors (Lipinski definition) is 2. The van der Waals surface area contributed by atoms with Crippen molar-refractivity contribution >= 4 is 23.0 Å². The molecule has 0 heterocycles. The summed E-state index contributed by atoms with van der Waals surface area (Å²) in [6.45, 7) is 1.84. The minimum Gasteiger partial charge on any atom is -0.376 e. The maximum absolute atomic E-state index is 12.3. The molecule has 0 spiro atoms. The van der Waals surface area contributed by atoms with Crippen LogP contribution in [0.4, 0.5) is 17.1 Å². The fraction of sp³-hybridized carbons (Fsp3) is 0.0952. The Morgan fingerprint density at radius 1 is 0.963 bits per heavy atom. The number of carbonyl (C=O) groups is 1. The zero-order valence-electron chi connectivity index (χ0n) is 14.8. The molecule has 3 rings (SSSR count). The second-order valence-electron chi connectivity index (χ2n) is 6.07.